The van der Waals surface area contributed by atoms with Gasteiger partial charge in [0, 0.05) is 25.2 Å². The number of thiophene rings is 1. The third-order valence-electron chi connectivity index (χ3n) is 4.63. The number of carbonyl (C=O) groups is 1. The third kappa shape index (κ3) is 3.60. The Morgan fingerprint density at radius 2 is 1.87 bits per heavy atom. The van der Waals surface area contributed by atoms with Crippen LogP contribution in [0.5, 0.6) is 0 Å². The molecule has 3 rings (SSSR count). The number of rotatable bonds is 4. The molecule has 1 saturated carbocycles. The van der Waals surface area contributed by atoms with Crippen molar-refractivity contribution in [3.8, 4) is 0 Å². The summed E-state index contributed by atoms with van der Waals surface area (Å²) in [6.45, 7) is 1.08. The Kier molecular flexibility index (Phi) is 5.05. The van der Waals surface area contributed by atoms with Gasteiger partial charge in [0.15, 0.2) is 0 Å². The zero-order chi connectivity index (χ0) is 16.4. The fraction of sp³-hybridized carbons (Fsp3) is 0.667. The number of nitrogens with one attached hydrogen (secondary N) is 1. The van der Waals surface area contributed by atoms with Crippen molar-refractivity contribution in [1.82, 2.24) is 9.62 Å². The molecule has 0 aromatic carbocycles. The molecule has 1 aromatic heterocycles. The zero-order valence-electron chi connectivity index (χ0n) is 13.0. The fourth-order valence-corrected chi connectivity index (χ4v) is 6.07. The van der Waals surface area contributed by atoms with E-state index < -0.39 is 10.0 Å². The van der Waals surface area contributed by atoms with E-state index in [1.165, 1.54) is 15.6 Å². The summed E-state index contributed by atoms with van der Waals surface area (Å²) in [4.78, 5) is 13.0. The summed E-state index contributed by atoms with van der Waals surface area (Å²) >= 11 is 1.19. The molecular formula is C15H23N3O3S2. The lowest BCUT2D eigenvalue weighted by molar-refractivity contribution is 0.0927. The summed E-state index contributed by atoms with van der Waals surface area (Å²) in [6.07, 6.45) is 5.27. The van der Waals surface area contributed by atoms with Gasteiger partial charge in [-0.15, -0.1) is 11.3 Å². The van der Waals surface area contributed by atoms with Crippen LogP contribution in [0.2, 0.25) is 0 Å². The van der Waals surface area contributed by atoms with E-state index in [2.05, 4.69) is 5.32 Å². The minimum absolute atomic E-state index is 0.0896. The summed E-state index contributed by atoms with van der Waals surface area (Å²) in [5, 5.41) is 4.65. The number of amides is 1. The Morgan fingerprint density at radius 3 is 2.52 bits per heavy atom. The molecule has 3 N–H and O–H groups in total. The van der Waals surface area contributed by atoms with Gasteiger partial charge < -0.3 is 11.1 Å². The van der Waals surface area contributed by atoms with E-state index >= 15 is 0 Å². The summed E-state index contributed by atoms with van der Waals surface area (Å²) in [7, 11) is -3.56. The van der Waals surface area contributed by atoms with Crippen molar-refractivity contribution in [3.05, 3.63) is 16.3 Å². The minimum atomic E-state index is -3.56. The van der Waals surface area contributed by atoms with E-state index in [9.17, 15) is 13.2 Å². The predicted molar refractivity (Wildman–Crippen MR) is 90.0 cm³/mol. The van der Waals surface area contributed by atoms with Gasteiger partial charge in [-0.05, 0) is 50.0 Å². The molecule has 0 spiro atoms. The van der Waals surface area contributed by atoms with Crippen LogP contribution in [-0.4, -0.2) is 43.8 Å². The number of sulfonamides is 1. The van der Waals surface area contributed by atoms with Gasteiger partial charge in [0.1, 0.15) is 9.77 Å². The molecule has 23 heavy (non-hydrogen) atoms. The third-order valence-corrected chi connectivity index (χ3v) is 7.61. The van der Waals surface area contributed by atoms with Gasteiger partial charge in [-0.3, -0.25) is 4.79 Å². The Bertz CT molecular complexity index is 657. The molecular weight excluding hydrogens is 334 g/mol. The lowest BCUT2D eigenvalue weighted by Crippen LogP contribution is -2.40. The molecule has 128 valence electrons. The van der Waals surface area contributed by atoms with Crippen molar-refractivity contribution in [2.45, 2.75) is 55.5 Å². The zero-order valence-corrected chi connectivity index (χ0v) is 14.7. The lowest BCUT2D eigenvalue weighted by atomic mass is 9.92. The summed E-state index contributed by atoms with van der Waals surface area (Å²) in [5.41, 5.74) is 5.88. The molecule has 8 heteroatoms. The molecule has 0 unspecified atom stereocenters. The Balaban J connectivity index is 1.74. The second-order valence-corrected chi connectivity index (χ2v) is 9.13. The first kappa shape index (κ1) is 16.9. The summed E-state index contributed by atoms with van der Waals surface area (Å²) in [6, 6.07) is 1.85. The maximum atomic E-state index is 12.7. The molecule has 1 saturated heterocycles. The standard InChI is InChI=1S/C15H23N3O3S2/c16-11-3-5-12(6-4-11)17-15(19)14-13(7-10-22-14)23(20,21)18-8-1-2-9-18/h7,10-12H,1-6,8-9,16H2,(H,17,19). The SMILES string of the molecule is NC1CCC(NC(=O)c2sccc2S(=O)(=O)N2CCCC2)CC1. The predicted octanol–water partition coefficient (Wildman–Crippen LogP) is 1.53. The molecule has 2 heterocycles. The van der Waals surface area contributed by atoms with E-state index in [1.54, 1.807) is 11.4 Å². The van der Waals surface area contributed by atoms with Crippen molar-refractivity contribution in [1.29, 1.82) is 0 Å². The highest BCUT2D eigenvalue weighted by Crippen LogP contribution is 2.28. The van der Waals surface area contributed by atoms with E-state index in [-0.39, 0.29) is 22.9 Å². The number of nitrogens with zero attached hydrogens (tertiary/aromatic N) is 1. The van der Waals surface area contributed by atoms with Gasteiger partial charge in [0.2, 0.25) is 10.0 Å². The van der Waals surface area contributed by atoms with Gasteiger partial charge in [-0.25, -0.2) is 8.42 Å². The molecule has 1 amide bonds. The molecule has 0 atom stereocenters. The van der Waals surface area contributed by atoms with Gasteiger partial charge >= 0.3 is 0 Å². The van der Waals surface area contributed by atoms with Crippen molar-refractivity contribution in [3.63, 3.8) is 0 Å². The Labute approximate surface area is 141 Å². The van der Waals surface area contributed by atoms with E-state index in [0.717, 1.165) is 38.5 Å². The second-order valence-electron chi connectivity index (χ2n) is 6.31. The van der Waals surface area contributed by atoms with Crippen molar-refractivity contribution >= 4 is 27.3 Å². The average molecular weight is 358 g/mol. The van der Waals surface area contributed by atoms with Crippen molar-refractivity contribution in [2.24, 2.45) is 5.73 Å². The number of nitrogens with two attached hydrogens (primary N) is 1. The molecule has 2 aliphatic rings. The Hall–Kier alpha value is -0.960. The van der Waals surface area contributed by atoms with Crippen LogP contribution in [0.1, 0.15) is 48.2 Å². The normalized spacial score (nSPS) is 26.3. The van der Waals surface area contributed by atoms with Crippen LogP contribution < -0.4 is 11.1 Å². The summed E-state index contributed by atoms with van der Waals surface area (Å²) < 4.78 is 26.9. The number of carbonyl (C=O) groups excluding carboxylic acids is 1. The Morgan fingerprint density at radius 1 is 1.22 bits per heavy atom. The second kappa shape index (κ2) is 6.88. The van der Waals surface area contributed by atoms with E-state index in [1.807, 2.05) is 0 Å². The van der Waals surface area contributed by atoms with Crippen LogP contribution in [0.3, 0.4) is 0 Å². The fourth-order valence-electron chi connectivity index (χ4n) is 3.25. The first-order valence-electron chi connectivity index (χ1n) is 8.12. The first-order valence-corrected chi connectivity index (χ1v) is 10.4. The van der Waals surface area contributed by atoms with Crippen LogP contribution in [0.4, 0.5) is 0 Å². The molecule has 0 radical (unpaired) electrons. The highest BCUT2D eigenvalue weighted by atomic mass is 32.2. The molecule has 1 aliphatic carbocycles. The number of hydrogen-bond donors (Lipinski definition) is 2. The van der Waals surface area contributed by atoms with Gasteiger partial charge in [0.05, 0.1) is 0 Å². The van der Waals surface area contributed by atoms with Gasteiger partial charge in [-0.1, -0.05) is 0 Å². The van der Waals surface area contributed by atoms with Crippen LogP contribution in [0, 0.1) is 0 Å². The molecule has 0 bridgehead atoms. The monoisotopic (exact) mass is 357 g/mol. The van der Waals surface area contributed by atoms with E-state index in [4.69, 9.17) is 5.73 Å². The highest BCUT2D eigenvalue weighted by molar-refractivity contribution is 7.89. The summed E-state index contributed by atoms with van der Waals surface area (Å²) in [5.74, 6) is -0.279. The van der Waals surface area contributed by atoms with Crippen LogP contribution in [0.15, 0.2) is 16.3 Å². The largest absolute Gasteiger partial charge is 0.349 e. The highest BCUT2D eigenvalue weighted by Gasteiger charge is 2.32. The quantitative estimate of drug-likeness (QED) is 0.855. The van der Waals surface area contributed by atoms with E-state index in [0.29, 0.717) is 18.0 Å². The average Bonchev–Trinajstić information content (AvgIpc) is 3.21. The van der Waals surface area contributed by atoms with Gasteiger partial charge in [0.25, 0.3) is 5.91 Å². The van der Waals surface area contributed by atoms with Crippen molar-refractivity contribution < 1.29 is 13.2 Å². The molecule has 1 aromatic rings. The molecule has 2 fully saturated rings. The first-order chi connectivity index (χ1) is 11.0. The maximum Gasteiger partial charge on any atom is 0.262 e. The maximum absolute atomic E-state index is 12.7. The number of hydrogen-bond acceptors (Lipinski definition) is 5. The van der Waals surface area contributed by atoms with Crippen molar-refractivity contribution in [2.75, 3.05) is 13.1 Å². The molecule has 6 nitrogen and oxygen atoms in total. The van der Waals surface area contributed by atoms with Crippen LogP contribution >= 0.6 is 11.3 Å². The lowest BCUT2D eigenvalue weighted by Gasteiger charge is -2.26. The van der Waals surface area contributed by atoms with Crippen LogP contribution in [0.25, 0.3) is 0 Å². The minimum Gasteiger partial charge on any atom is -0.349 e. The van der Waals surface area contributed by atoms with Gasteiger partial charge in [-0.2, -0.15) is 4.31 Å². The topological polar surface area (TPSA) is 92.5 Å². The van der Waals surface area contributed by atoms with Crippen LogP contribution in [-0.2, 0) is 10.0 Å². The smallest absolute Gasteiger partial charge is 0.262 e. The molecule has 1 aliphatic heterocycles.